The average Bonchev–Trinajstić information content (AvgIpc) is 2.38. The molecular formula is C14H19F3N2O. The number of hydrogen-bond acceptors (Lipinski definition) is 2. The molecule has 112 valence electrons. The molecule has 0 fully saturated rings. The second-order valence-electron chi connectivity index (χ2n) is 4.84. The lowest BCUT2D eigenvalue weighted by molar-refractivity contribution is -0.137. The molecule has 1 unspecified atom stereocenters. The number of amides is 1. The SMILES string of the molecule is CNC(=O)CC(C)N(C)Cc1ccc(C(F)(F)F)cc1. The van der Waals surface area contributed by atoms with Gasteiger partial charge in [-0.15, -0.1) is 0 Å². The van der Waals surface area contributed by atoms with Crippen molar-refractivity contribution in [1.82, 2.24) is 10.2 Å². The maximum absolute atomic E-state index is 12.4. The Morgan fingerprint density at radius 2 is 1.85 bits per heavy atom. The first-order valence-electron chi connectivity index (χ1n) is 6.31. The van der Waals surface area contributed by atoms with E-state index in [1.807, 2.05) is 18.9 Å². The topological polar surface area (TPSA) is 32.3 Å². The molecule has 0 aliphatic carbocycles. The van der Waals surface area contributed by atoms with Gasteiger partial charge in [-0.05, 0) is 31.7 Å². The minimum absolute atomic E-state index is 0.0113. The Hall–Kier alpha value is -1.56. The van der Waals surface area contributed by atoms with Gasteiger partial charge in [0.15, 0.2) is 0 Å². The fourth-order valence-corrected chi connectivity index (χ4v) is 1.77. The van der Waals surface area contributed by atoms with E-state index >= 15 is 0 Å². The van der Waals surface area contributed by atoms with Crippen LogP contribution in [-0.4, -0.2) is 30.9 Å². The van der Waals surface area contributed by atoms with Crippen LogP contribution in [0, 0.1) is 0 Å². The largest absolute Gasteiger partial charge is 0.416 e. The molecule has 0 aromatic heterocycles. The molecule has 1 aromatic rings. The summed E-state index contributed by atoms with van der Waals surface area (Å²) in [6, 6.07) is 5.09. The van der Waals surface area contributed by atoms with Gasteiger partial charge in [0.05, 0.1) is 5.56 Å². The number of nitrogens with one attached hydrogen (secondary N) is 1. The van der Waals surface area contributed by atoms with Crippen molar-refractivity contribution in [3.8, 4) is 0 Å². The highest BCUT2D eigenvalue weighted by molar-refractivity contribution is 5.76. The first-order valence-corrected chi connectivity index (χ1v) is 6.31. The molecule has 1 N–H and O–H groups in total. The Balaban J connectivity index is 2.62. The Morgan fingerprint density at radius 1 is 1.30 bits per heavy atom. The van der Waals surface area contributed by atoms with Crippen LogP contribution in [0.5, 0.6) is 0 Å². The van der Waals surface area contributed by atoms with Gasteiger partial charge in [-0.3, -0.25) is 9.69 Å². The van der Waals surface area contributed by atoms with Crippen LogP contribution in [0.2, 0.25) is 0 Å². The third kappa shape index (κ3) is 4.85. The van der Waals surface area contributed by atoms with Crippen LogP contribution in [0.3, 0.4) is 0 Å². The van der Waals surface area contributed by atoms with Crippen molar-refractivity contribution in [2.24, 2.45) is 0 Å². The minimum Gasteiger partial charge on any atom is -0.359 e. The summed E-state index contributed by atoms with van der Waals surface area (Å²) >= 11 is 0. The van der Waals surface area contributed by atoms with Gasteiger partial charge in [-0.2, -0.15) is 13.2 Å². The van der Waals surface area contributed by atoms with E-state index in [0.29, 0.717) is 13.0 Å². The first-order chi connectivity index (χ1) is 9.24. The maximum Gasteiger partial charge on any atom is 0.416 e. The van der Waals surface area contributed by atoms with Crippen LogP contribution >= 0.6 is 0 Å². The van der Waals surface area contributed by atoms with E-state index in [4.69, 9.17) is 0 Å². The summed E-state index contributed by atoms with van der Waals surface area (Å²) in [5.41, 5.74) is 0.131. The van der Waals surface area contributed by atoms with Crippen LogP contribution in [0.1, 0.15) is 24.5 Å². The monoisotopic (exact) mass is 288 g/mol. The predicted molar refractivity (Wildman–Crippen MR) is 71.1 cm³/mol. The molecule has 0 saturated carbocycles. The fourth-order valence-electron chi connectivity index (χ4n) is 1.77. The van der Waals surface area contributed by atoms with Crippen molar-refractivity contribution >= 4 is 5.91 Å². The van der Waals surface area contributed by atoms with Gasteiger partial charge in [0.1, 0.15) is 0 Å². The van der Waals surface area contributed by atoms with Gasteiger partial charge in [0.2, 0.25) is 5.91 Å². The number of carbonyl (C=O) groups excluding carboxylic acids is 1. The van der Waals surface area contributed by atoms with Crippen molar-refractivity contribution in [2.75, 3.05) is 14.1 Å². The number of benzene rings is 1. The third-order valence-corrected chi connectivity index (χ3v) is 3.23. The Bertz CT molecular complexity index is 443. The van der Waals surface area contributed by atoms with Gasteiger partial charge in [-0.25, -0.2) is 0 Å². The summed E-state index contributed by atoms with van der Waals surface area (Å²) < 4.78 is 37.3. The van der Waals surface area contributed by atoms with E-state index in [9.17, 15) is 18.0 Å². The Kier molecular flexibility index (Phi) is 5.56. The molecule has 3 nitrogen and oxygen atoms in total. The Morgan fingerprint density at radius 3 is 2.30 bits per heavy atom. The van der Waals surface area contributed by atoms with Crippen LogP contribution < -0.4 is 5.32 Å². The number of carbonyl (C=O) groups is 1. The molecule has 1 amide bonds. The zero-order chi connectivity index (χ0) is 15.3. The van der Waals surface area contributed by atoms with Crippen molar-refractivity contribution in [3.63, 3.8) is 0 Å². The molecule has 1 rings (SSSR count). The molecule has 0 heterocycles. The molecule has 20 heavy (non-hydrogen) atoms. The third-order valence-electron chi connectivity index (χ3n) is 3.23. The second kappa shape index (κ2) is 6.74. The van der Waals surface area contributed by atoms with E-state index in [0.717, 1.165) is 17.7 Å². The lowest BCUT2D eigenvalue weighted by Crippen LogP contribution is -2.33. The zero-order valence-electron chi connectivity index (χ0n) is 11.8. The van der Waals surface area contributed by atoms with E-state index in [1.54, 1.807) is 7.05 Å². The molecular weight excluding hydrogens is 269 g/mol. The molecule has 0 radical (unpaired) electrons. The minimum atomic E-state index is -4.31. The highest BCUT2D eigenvalue weighted by Gasteiger charge is 2.29. The number of alkyl halides is 3. The number of hydrogen-bond donors (Lipinski definition) is 1. The number of halogens is 3. The molecule has 0 aliphatic rings. The molecule has 1 aromatic carbocycles. The summed E-state index contributed by atoms with van der Waals surface area (Å²) in [4.78, 5) is 13.2. The van der Waals surface area contributed by atoms with E-state index in [2.05, 4.69) is 5.32 Å². The van der Waals surface area contributed by atoms with Crippen molar-refractivity contribution in [3.05, 3.63) is 35.4 Å². The summed E-state index contributed by atoms with van der Waals surface area (Å²) in [7, 11) is 3.41. The molecule has 1 atom stereocenters. The van der Waals surface area contributed by atoms with E-state index < -0.39 is 11.7 Å². The van der Waals surface area contributed by atoms with Crippen molar-refractivity contribution in [1.29, 1.82) is 0 Å². The molecule has 0 spiro atoms. The molecule has 6 heteroatoms. The van der Waals surface area contributed by atoms with Gasteiger partial charge >= 0.3 is 6.18 Å². The summed E-state index contributed by atoms with van der Waals surface area (Å²) in [6.45, 7) is 2.40. The summed E-state index contributed by atoms with van der Waals surface area (Å²) in [5, 5.41) is 2.55. The lowest BCUT2D eigenvalue weighted by atomic mass is 10.1. The highest BCUT2D eigenvalue weighted by atomic mass is 19.4. The first kappa shape index (κ1) is 16.5. The fraction of sp³-hybridized carbons (Fsp3) is 0.500. The van der Waals surface area contributed by atoms with Crippen molar-refractivity contribution < 1.29 is 18.0 Å². The Labute approximate surface area is 116 Å². The van der Waals surface area contributed by atoms with Crippen LogP contribution in [0.4, 0.5) is 13.2 Å². The van der Waals surface area contributed by atoms with Crippen molar-refractivity contribution in [2.45, 2.75) is 32.1 Å². The smallest absolute Gasteiger partial charge is 0.359 e. The summed E-state index contributed by atoms with van der Waals surface area (Å²) in [5.74, 6) is -0.0585. The van der Waals surface area contributed by atoms with Crippen LogP contribution in [0.15, 0.2) is 24.3 Å². The predicted octanol–water partition coefficient (Wildman–Crippen LogP) is 2.66. The molecule has 0 aliphatic heterocycles. The lowest BCUT2D eigenvalue weighted by Gasteiger charge is -2.24. The average molecular weight is 288 g/mol. The number of nitrogens with zero attached hydrogens (tertiary/aromatic N) is 1. The number of rotatable bonds is 5. The van der Waals surface area contributed by atoms with Gasteiger partial charge in [0.25, 0.3) is 0 Å². The molecule has 0 saturated heterocycles. The van der Waals surface area contributed by atoms with Gasteiger partial charge < -0.3 is 5.32 Å². The van der Waals surface area contributed by atoms with Gasteiger partial charge in [-0.1, -0.05) is 12.1 Å². The maximum atomic E-state index is 12.4. The van der Waals surface area contributed by atoms with Crippen LogP contribution in [-0.2, 0) is 17.5 Å². The van der Waals surface area contributed by atoms with Gasteiger partial charge in [0, 0.05) is 26.1 Å². The summed E-state index contributed by atoms with van der Waals surface area (Å²) in [6.07, 6.45) is -3.95. The second-order valence-corrected chi connectivity index (χ2v) is 4.84. The standard InChI is InChI=1S/C14H19F3N2O/c1-10(8-13(20)18-2)19(3)9-11-4-6-12(7-5-11)14(15,16)17/h4-7,10H,8-9H2,1-3H3,(H,18,20). The van der Waals surface area contributed by atoms with E-state index in [1.165, 1.54) is 12.1 Å². The highest BCUT2D eigenvalue weighted by Crippen LogP contribution is 2.29. The van der Waals surface area contributed by atoms with Crippen LogP contribution in [0.25, 0.3) is 0 Å². The molecule has 0 bridgehead atoms. The zero-order valence-corrected chi connectivity index (χ0v) is 11.8. The quantitative estimate of drug-likeness (QED) is 0.903. The van der Waals surface area contributed by atoms with E-state index in [-0.39, 0.29) is 11.9 Å². The normalized spacial score (nSPS) is 13.3.